The van der Waals surface area contributed by atoms with Crippen LogP contribution in [0.15, 0.2) is 130 Å². The van der Waals surface area contributed by atoms with Crippen LogP contribution in [0, 0.1) is 0 Å². The molecule has 0 spiro atoms. The molecule has 0 fully saturated rings. The summed E-state index contributed by atoms with van der Waals surface area (Å²) in [6.07, 6.45) is 0.737. The van der Waals surface area contributed by atoms with Crippen molar-refractivity contribution < 1.29 is 29.9 Å². The average molecular weight is 693 g/mol. The van der Waals surface area contributed by atoms with Gasteiger partial charge in [0.2, 0.25) is 0 Å². The van der Waals surface area contributed by atoms with Gasteiger partial charge in [-0.2, -0.15) is 20.5 Å². The van der Waals surface area contributed by atoms with Crippen molar-refractivity contribution in [3.63, 3.8) is 0 Å². The van der Waals surface area contributed by atoms with Crippen LogP contribution in [0.3, 0.4) is 0 Å². The Kier molecular flexibility index (Phi) is 9.53. The lowest BCUT2D eigenvalue weighted by Crippen LogP contribution is -2.00. The number of aromatic hydroxyl groups is 4. The van der Waals surface area contributed by atoms with Gasteiger partial charge in [0.05, 0.1) is 37.0 Å². The predicted molar refractivity (Wildman–Crippen MR) is 198 cm³/mol. The largest absolute Gasteiger partial charge is 0.507 e. The SMILES string of the molecule is COc1ccc(N=Nc2cc3c(O)c(c2)Cc2cccc(c2O)Cc2cc(N=Nc4ccc(OC)cc4)cc(c2O)Cc2cccc(c2O)C3)cc1. The van der Waals surface area contributed by atoms with Crippen LogP contribution >= 0.6 is 0 Å². The molecule has 0 heterocycles. The fraction of sp³-hybridized carbons (Fsp3) is 0.143. The van der Waals surface area contributed by atoms with Crippen molar-refractivity contribution in [2.45, 2.75) is 25.7 Å². The molecule has 52 heavy (non-hydrogen) atoms. The summed E-state index contributed by atoms with van der Waals surface area (Å²) in [6, 6.07) is 32.2. The molecule has 0 saturated heterocycles. The van der Waals surface area contributed by atoms with Crippen LogP contribution in [0.1, 0.15) is 44.5 Å². The summed E-state index contributed by atoms with van der Waals surface area (Å²) in [6.45, 7) is 0. The third-order valence-corrected chi connectivity index (χ3v) is 9.14. The van der Waals surface area contributed by atoms with Crippen LogP contribution in [-0.4, -0.2) is 34.6 Å². The molecule has 1 aliphatic carbocycles. The molecule has 0 aromatic heterocycles. The van der Waals surface area contributed by atoms with Gasteiger partial charge < -0.3 is 29.9 Å². The molecule has 8 bridgehead atoms. The molecule has 10 heteroatoms. The fourth-order valence-corrected chi connectivity index (χ4v) is 6.35. The summed E-state index contributed by atoms with van der Waals surface area (Å²) in [7, 11) is 3.19. The lowest BCUT2D eigenvalue weighted by molar-refractivity contribution is 0.414. The quantitative estimate of drug-likeness (QED) is 0.127. The van der Waals surface area contributed by atoms with Gasteiger partial charge in [0.1, 0.15) is 34.5 Å². The van der Waals surface area contributed by atoms with Gasteiger partial charge >= 0.3 is 0 Å². The van der Waals surface area contributed by atoms with E-state index < -0.39 is 0 Å². The summed E-state index contributed by atoms with van der Waals surface area (Å²) in [5.74, 6) is 1.59. The summed E-state index contributed by atoms with van der Waals surface area (Å²) in [4.78, 5) is 0. The number of methoxy groups -OCH3 is 2. The zero-order chi connectivity index (χ0) is 36.2. The van der Waals surface area contributed by atoms with Crippen molar-refractivity contribution in [3.05, 3.63) is 154 Å². The van der Waals surface area contributed by atoms with E-state index in [-0.39, 0.29) is 48.7 Å². The predicted octanol–water partition coefficient (Wildman–Crippen LogP) is 10.0. The average Bonchev–Trinajstić information content (AvgIpc) is 3.16. The molecule has 1 aliphatic rings. The molecule has 4 N–H and O–H groups in total. The Hall–Kier alpha value is -6.68. The molecule has 0 radical (unpaired) electrons. The second-order valence-electron chi connectivity index (χ2n) is 12.6. The van der Waals surface area contributed by atoms with E-state index in [1.807, 2.05) is 12.1 Å². The Labute approximate surface area is 300 Å². The Morgan fingerprint density at radius 3 is 0.923 bits per heavy atom. The number of fused-ring (bicyclic) bond motifs is 8. The fourth-order valence-electron chi connectivity index (χ4n) is 6.35. The molecule has 0 amide bonds. The number of hydrogen-bond acceptors (Lipinski definition) is 10. The molecule has 0 unspecified atom stereocenters. The van der Waals surface area contributed by atoms with E-state index in [0.717, 1.165) is 0 Å². The van der Waals surface area contributed by atoms with Crippen LogP contribution < -0.4 is 9.47 Å². The van der Waals surface area contributed by atoms with E-state index in [0.29, 0.717) is 78.8 Å². The Bertz CT molecular complexity index is 2060. The highest BCUT2D eigenvalue weighted by Gasteiger charge is 2.20. The second kappa shape index (κ2) is 14.7. The molecule has 6 aromatic rings. The highest BCUT2D eigenvalue weighted by atomic mass is 16.5. The number of hydrogen-bond donors (Lipinski definition) is 4. The first-order valence-electron chi connectivity index (χ1n) is 16.7. The highest BCUT2D eigenvalue weighted by Crippen LogP contribution is 2.40. The van der Waals surface area contributed by atoms with E-state index in [1.165, 1.54) is 0 Å². The van der Waals surface area contributed by atoms with E-state index in [9.17, 15) is 20.4 Å². The van der Waals surface area contributed by atoms with Crippen molar-refractivity contribution in [1.82, 2.24) is 0 Å². The van der Waals surface area contributed by atoms with E-state index >= 15 is 0 Å². The van der Waals surface area contributed by atoms with Crippen LogP contribution in [-0.2, 0) is 25.7 Å². The molecule has 0 saturated carbocycles. The maximum atomic E-state index is 11.6. The maximum absolute atomic E-state index is 11.6. The minimum atomic E-state index is 0.0415. The van der Waals surface area contributed by atoms with Crippen molar-refractivity contribution in [2.75, 3.05) is 14.2 Å². The normalized spacial score (nSPS) is 12.7. The standard InChI is InChI=1S/C42H36N4O6/c1-51-37-13-9-33(10-14-37)43-45-35-21-29-17-25-5-3-7-27(39(25)47)19-31-23-36(46-44-34-11-15-38(52-2)16-12-34)24-32(42(31)50)20-28-8-4-6-26(40(28)48)18-30(22-35)41(29)49/h3-16,21-24,47-50H,17-20H2,1-2H3. The lowest BCUT2D eigenvalue weighted by Gasteiger charge is -2.17. The minimum absolute atomic E-state index is 0.0415. The Morgan fingerprint density at radius 1 is 0.365 bits per heavy atom. The van der Waals surface area contributed by atoms with E-state index in [2.05, 4.69) is 20.5 Å². The van der Waals surface area contributed by atoms with Crippen LogP contribution in [0.4, 0.5) is 22.7 Å². The number of rotatable bonds is 6. The molecule has 0 atom stereocenters. The van der Waals surface area contributed by atoms with Crippen LogP contribution in [0.2, 0.25) is 0 Å². The van der Waals surface area contributed by atoms with Gasteiger partial charge in [-0.1, -0.05) is 36.4 Å². The third kappa shape index (κ3) is 7.27. The first kappa shape index (κ1) is 33.8. The maximum Gasteiger partial charge on any atom is 0.122 e. The van der Waals surface area contributed by atoms with Gasteiger partial charge in [0.15, 0.2) is 0 Å². The molecule has 7 rings (SSSR count). The van der Waals surface area contributed by atoms with E-state index in [1.54, 1.807) is 111 Å². The first-order chi connectivity index (χ1) is 25.3. The zero-order valence-electron chi connectivity index (χ0n) is 28.6. The van der Waals surface area contributed by atoms with E-state index in [4.69, 9.17) is 9.47 Å². The van der Waals surface area contributed by atoms with Gasteiger partial charge in [-0.3, -0.25) is 0 Å². The van der Waals surface area contributed by atoms with Gasteiger partial charge in [-0.25, -0.2) is 0 Å². The monoisotopic (exact) mass is 692 g/mol. The van der Waals surface area contributed by atoms with Crippen LogP contribution in [0.5, 0.6) is 34.5 Å². The van der Waals surface area contributed by atoms with Gasteiger partial charge in [0.25, 0.3) is 0 Å². The first-order valence-corrected chi connectivity index (χ1v) is 16.7. The summed E-state index contributed by atoms with van der Waals surface area (Å²) >= 11 is 0. The second-order valence-corrected chi connectivity index (χ2v) is 12.6. The topological polar surface area (TPSA) is 149 Å². The smallest absolute Gasteiger partial charge is 0.122 e. The van der Waals surface area contributed by atoms with Crippen molar-refractivity contribution in [1.29, 1.82) is 0 Å². The van der Waals surface area contributed by atoms with Crippen molar-refractivity contribution in [2.24, 2.45) is 20.5 Å². The molecule has 10 nitrogen and oxygen atoms in total. The van der Waals surface area contributed by atoms with Gasteiger partial charge in [-0.05, 0) is 95.1 Å². The van der Waals surface area contributed by atoms with Gasteiger partial charge in [-0.15, -0.1) is 0 Å². The molecule has 0 aliphatic heterocycles. The molecular weight excluding hydrogens is 656 g/mol. The van der Waals surface area contributed by atoms with Crippen LogP contribution in [0.25, 0.3) is 0 Å². The number of nitrogens with zero attached hydrogens (tertiary/aromatic N) is 4. The number of phenols is 4. The van der Waals surface area contributed by atoms with Crippen molar-refractivity contribution in [3.8, 4) is 34.5 Å². The Balaban J connectivity index is 1.33. The number of azo groups is 2. The molecule has 6 aromatic carbocycles. The van der Waals surface area contributed by atoms with Gasteiger partial charge in [0, 0.05) is 47.9 Å². The molecular formula is C42H36N4O6. The third-order valence-electron chi connectivity index (χ3n) is 9.14. The summed E-state index contributed by atoms with van der Waals surface area (Å²) in [5, 5.41) is 64.1. The zero-order valence-corrected chi connectivity index (χ0v) is 28.6. The lowest BCUT2D eigenvalue weighted by atomic mass is 9.91. The molecule has 260 valence electrons. The Morgan fingerprint density at radius 2 is 0.635 bits per heavy atom. The highest BCUT2D eigenvalue weighted by molar-refractivity contribution is 5.60. The van der Waals surface area contributed by atoms with Crippen molar-refractivity contribution >= 4 is 22.7 Å². The number of phenolic OH excluding ortho intramolecular Hbond substituents is 4. The summed E-state index contributed by atoms with van der Waals surface area (Å²) < 4.78 is 10.5. The number of ether oxygens (including phenoxy) is 2. The minimum Gasteiger partial charge on any atom is -0.507 e. The summed E-state index contributed by atoms with van der Waals surface area (Å²) in [5.41, 5.74) is 6.69. The number of para-hydroxylation sites is 2. The number of benzene rings is 6.